The maximum absolute atomic E-state index is 11.9. The van der Waals surface area contributed by atoms with E-state index in [0.29, 0.717) is 35.6 Å². The number of nitrogens with zero attached hydrogens (tertiary/aromatic N) is 2. The number of amides is 2. The van der Waals surface area contributed by atoms with Gasteiger partial charge in [-0.05, 0) is 77.9 Å². The molecule has 0 aliphatic carbocycles. The second-order valence-corrected chi connectivity index (χ2v) is 9.87. The van der Waals surface area contributed by atoms with Crippen molar-refractivity contribution in [3.05, 3.63) is 47.5 Å². The Labute approximate surface area is 211 Å². The number of rotatable bonds is 7. The first-order chi connectivity index (χ1) is 16.7. The van der Waals surface area contributed by atoms with Gasteiger partial charge in [0.25, 0.3) is 0 Å². The minimum absolute atomic E-state index is 0.0104. The Balaban J connectivity index is 1.93. The van der Waals surface area contributed by atoms with E-state index in [2.05, 4.69) is 20.6 Å². The number of benzene rings is 2. The van der Waals surface area contributed by atoms with Gasteiger partial charge in [0.15, 0.2) is 0 Å². The predicted octanol–water partition coefficient (Wildman–Crippen LogP) is 5.33. The van der Waals surface area contributed by atoms with Gasteiger partial charge >= 0.3 is 12.2 Å². The third-order valence-corrected chi connectivity index (χ3v) is 4.16. The zero-order chi connectivity index (χ0) is 26.9. The lowest BCUT2D eigenvalue weighted by molar-refractivity contribution is 0.0624. The Morgan fingerprint density at radius 3 is 1.44 bits per heavy atom. The van der Waals surface area contributed by atoms with E-state index in [1.54, 1.807) is 65.8 Å². The number of ether oxygens (including phenoxy) is 2. The van der Waals surface area contributed by atoms with Crippen molar-refractivity contribution in [2.24, 2.45) is 9.98 Å². The molecular formula is C26H34N4O6. The third-order valence-electron chi connectivity index (χ3n) is 4.16. The van der Waals surface area contributed by atoms with Crippen LogP contribution in [0.5, 0.6) is 11.5 Å². The van der Waals surface area contributed by atoms with Gasteiger partial charge in [-0.1, -0.05) is 0 Å². The van der Waals surface area contributed by atoms with Crippen molar-refractivity contribution in [2.75, 3.05) is 23.7 Å². The molecule has 0 radical (unpaired) electrons. The SMILES string of the molecule is CC(C)(C)OC(=O)Nc1ccc(O)c(C=NCCN=Cc2cc(NC(=O)OC(C)(C)C)ccc2O)c1. The normalized spacial score (nSPS) is 12.1. The van der Waals surface area contributed by atoms with Gasteiger partial charge in [-0.15, -0.1) is 0 Å². The second kappa shape index (κ2) is 12.1. The molecule has 0 heterocycles. The molecule has 2 aromatic rings. The molecule has 0 aliphatic rings. The summed E-state index contributed by atoms with van der Waals surface area (Å²) in [5, 5.41) is 25.3. The summed E-state index contributed by atoms with van der Waals surface area (Å²) in [5.74, 6) is 0.0208. The van der Waals surface area contributed by atoms with Crippen molar-refractivity contribution in [2.45, 2.75) is 52.7 Å². The molecular weight excluding hydrogens is 464 g/mol. The smallest absolute Gasteiger partial charge is 0.412 e. The zero-order valence-corrected chi connectivity index (χ0v) is 21.5. The van der Waals surface area contributed by atoms with Crippen LogP contribution < -0.4 is 10.6 Å². The lowest BCUT2D eigenvalue weighted by atomic mass is 10.2. The molecule has 0 atom stereocenters. The van der Waals surface area contributed by atoms with Gasteiger partial charge in [0.1, 0.15) is 22.7 Å². The van der Waals surface area contributed by atoms with Crippen molar-refractivity contribution in [1.82, 2.24) is 0 Å². The summed E-state index contributed by atoms with van der Waals surface area (Å²) in [6.45, 7) is 11.2. The molecule has 0 bridgehead atoms. The Kier molecular flexibility index (Phi) is 9.43. The molecule has 10 nitrogen and oxygen atoms in total. The number of hydrogen-bond donors (Lipinski definition) is 4. The van der Waals surface area contributed by atoms with Gasteiger partial charge in [-0.3, -0.25) is 20.6 Å². The number of carbonyl (C=O) groups excluding carboxylic acids is 2. The molecule has 4 N–H and O–H groups in total. The molecule has 0 saturated heterocycles. The third kappa shape index (κ3) is 10.5. The van der Waals surface area contributed by atoms with Crippen molar-refractivity contribution >= 4 is 36.0 Å². The molecule has 10 heteroatoms. The summed E-state index contributed by atoms with van der Waals surface area (Å²) in [7, 11) is 0. The van der Waals surface area contributed by atoms with E-state index >= 15 is 0 Å². The second-order valence-electron chi connectivity index (χ2n) is 9.87. The standard InChI is InChI=1S/C26H34N4O6/c1-25(2,3)35-23(33)29-19-7-9-21(31)17(13-19)15-27-11-12-28-16-18-14-20(8-10-22(18)32)30-24(34)36-26(4,5)6/h7-10,13-16,31-32H,11-12H2,1-6H3,(H,29,33)(H,30,34). The Morgan fingerprint density at radius 1 is 0.750 bits per heavy atom. The molecule has 194 valence electrons. The zero-order valence-electron chi connectivity index (χ0n) is 21.5. The summed E-state index contributed by atoms with van der Waals surface area (Å²) in [6.07, 6.45) is 1.76. The summed E-state index contributed by atoms with van der Waals surface area (Å²) >= 11 is 0. The van der Waals surface area contributed by atoms with E-state index in [0.717, 1.165) is 0 Å². The molecule has 2 amide bonds. The Morgan fingerprint density at radius 2 is 1.11 bits per heavy atom. The lowest BCUT2D eigenvalue weighted by Gasteiger charge is -2.19. The molecule has 0 aromatic heterocycles. The number of anilines is 2. The largest absolute Gasteiger partial charge is 0.507 e. The van der Waals surface area contributed by atoms with Crippen LogP contribution in [-0.2, 0) is 9.47 Å². The molecule has 2 rings (SSSR count). The molecule has 2 aromatic carbocycles. The number of carbonyl (C=O) groups is 2. The van der Waals surface area contributed by atoms with E-state index in [4.69, 9.17) is 9.47 Å². The Hall–Kier alpha value is -4.08. The summed E-state index contributed by atoms with van der Waals surface area (Å²) in [5.41, 5.74) is 0.503. The van der Waals surface area contributed by atoms with Crippen LogP contribution in [0.25, 0.3) is 0 Å². The first-order valence-electron chi connectivity index (χ1n) is 11.4. The fourth-order valence-electron chi connectivity index (χ4n) is 2.76. The minimum Gasteiger partial charge on any atom is -0.507 e. The minimum atomic E-state index is -0.626. The first-order valence-corrected chi connectivity index (χ1v) is 11.4. The van der Waals surface area contributed by atoms with E-state index < -0.39 is 23.4 Å². The van der Waals surface area contributed by atoms with Crippen molar-refractivity contribution in [3.63, 3.8) is 0 Å². The fourth-order valence-corrected chi connectivity index (χ4v) is 2.76. The molecule has 0 unspecified atom stereocenters. The van der Waals surface area contributed by atoms with Crippen LogP contribution in [0.4, 0.5) is 21.0 Å². The number of nitrogens with one attached hydrogen (secondary N) is 2. The van der Waals surface area contributed by atoms with Gasteiger partial charge in [-0.25, -0.2) is 9.59 Å². The molecule has 0 fully saturated rings. The van der Waals surface area contributed by atoms with Crippen LogP contribution >= 0.6 is 0 Å². The van der Waals surface area contributed by atoms with Crippen LogP contribution in [-0.4, -0.2) is 59.1 Å². The van der Waals surface area contributed by atoms with Crippen LogP contribution in [0.15, 0.2) is 46.4 Å². The average Bonchev–Trinajstić information content (AvgIpc) is 2.72. The van der Waals surface area contributed by atoms with E-state index in [1.807, 2.05) is 0 Å². The highest BCUT2D eigenvalue weighted by atomic mass is 16.6. The van der Waals surface area contributed by atoms with Crippen molar-refractivity contribution < 1.29 is 29.3 Å². The van der Waals surface area contributed by atoms with Gasteiger partial charge in [-0.2, -0.15) is 0 Å². The molecule has 0 aliphatic heterocycles. The monoisotopic (exact) mass is 498 g/mol. The predicted molar refractivity (Wildman–Crippen MR) is 141 cm³/mol. The van der Waals surface area contributed by atoms with Crippen LogP contribution in [0.3, 0.4) is 0 Å². The molecule has 0 spiro atoms. The average molecular weight is 499 g/mol. The van der Waals surface area contributed by atoms with Gasteiger partial charge in [0, 0.05) is 34.9 Å². The van der Waals surface area contributed by atoms with E-state index in [-0.39, 0.29) is 11.5 Å². The van der Waals surface area contributed by atoms with Gasteiger partial charge in [0.05, 0.1) is 13.1 Å². The quantitative estimate of drug-likeness (QED) is 0.231. The maximum Gasteiger partial charge on any atom is 0.412 e. The highest BCUT2D eigenvalue weighted by molar-refractivity contribution is 5.90. The highest BCUT2D eigenvalue weighted by Gasteiger charge is 2.17. The maximum atomic E-state index is 11.9. The first kappa shape index (κ1) is 28.2. The van der Waals surface area contributed by atoms with Gasteiger partial charge in [0.2, 0.25) is 0 Å². The summed E-state index contributed by atoms with van der Waals surface area (Å²) in [4.78, 5) is 32.4. The van der Waals surface area contributed by atoms with E-state index in [1.165, 1.54) is 24.6 Å². The van der Waals surface area contributed by atoms with Crippen molar-refractivity contribution in [1.29, 1.82) is 0 Å². The highest BCUT2D eigenvalue weighted by Crippen LogP contribution is 2.22. The molecule has 36 heavy (non-hydrogen) atoms. The van der Waals surface area contributed by atoms with Crippen LogP contribution in [0.2, 0.25) is 0 Å². The van der Waals surface area contributed by atoms with Crippen LogP contribution in [0, 0.1) is 0 Å². The van der Waals surface area contributed by atoms with Crippen LogP contribution in [0.1, 0.15) is 52.7 Å². The topological polar surface area (TPSA) is 142 Å². The van der Waals surface area contributed by atoms with E-state index in [9.17, 15) is 19.8 Å². The number of aliphatic imine (C=N–C) groups is 2. The summed E-state index contributed by atoms with van der Waals surface area (Å²) in [6, 6.07) is 9.17. The number of aromatic hydroxyl groups is 2. The van der Waals surface area contributed by atoms with Gasteiger partial charge < -0.3 is 19.7 Å². The lowest BCUT2D eigenvalue weighted by Crippen LogP contribution is -2.27. The molecule has 0 saturated carbocycles. The fraction of sp³-hybridized carbons (Fsp3) is 0.385. The van der Waals surface area contributed by atoms with Crippen molar-refractivity contribution in [3.8, 4) is 11.5 Å². The number of phenolic OH excluding ortho intramolecular Hbond substituents is 2. The number of hydrogen-bond acceptors (Lipinski definition) is 8. The summed E-state index contributed by atoms with van der Waals surface area (Å²) < 4.78 is 10.4. The number of phenols is 2. The Bertz CT molecular complexity index is 1040.